The number of ether oxygens (including phenoxy) is 1. The van der Waals surface area contributed by atoms with Gasteiger partial charge in [0.05, 0.1) is 7.11 Å². The summed E-state index contributed by atoms with van der Waals surface area (Å²) in [4.78, 5) is 0. The number of allylic oxidation sites excluding steroid dienone is 3. The standard InChI is InChI=1S/C28H25F3O/c1-18-5-11-22(12-6-18)24-15-16-25(28(31)27(24)30)23-13-9-21(10-14-23)8-7-19(2)26(29)17-20(3)32-4/h5-6,9-17H,2-3,7-8H2,1,4H3/b26-17+. The first-order valence-electron chi connectivity index (χ1n) is 10.2. The molecule has 4 heteroatoms. The lowest BCUT2D eigenvalue weighted by Crippen LogP contribution is -1.95. The van der Waals surface area contributed by atoms with Crippen LogP contribution in [0.3, 0.4) is 0 Å². The van der Waals surface area contributed by atoms with E-state index in [1.807, 2.05) is 31.2 Å². The molecule has 0 fully saturated rings. The van der Waals surface area contributed by atoms with Gasteiger partial charge in [0.1, 0.15) is 11.6 Å². The number of methoxy groups -OCH3 is 1. The molecule has 3 aromatic rings. The van der Waals surface area contributed by atoms with Crippen LogP contribution < -0.4 is 0 Å². The molecule has 3 rings (SSSR count). The molecular weight excluding hydrogens is 409 g/mol. The molecule has 0 aliphatic heterocycles. The van der Waals surface area contributed by atoms with E-state index in [0.717, 1.165) is 11.1 Å². The van der Waals surface area contributed by atoms with E-state index in [9.17, 15) is 13.2 Å². The first-order chi connectivity index (χ1) is 15.3. The molecule has 0 saturated heterocycles. The Kier molecular flexibility index (Phi) is 7.37. The third-order valence-electron chi connectivity index (χ3n) is 5.31. The van der Waals surface area contributed by atoms with Gasteiger partial charge >= 0.3 is 0 Å². The molecule has 0 aliphatic carbocycles. The van der Waals surface area contributed by atoms with Crippen molar-refractivity contribution in [2.24, 2.45) is 0 Å². The monoisotopic (exact) mass is 434 g/mol. The van der Waals surface area contributed by atoms with Gasteiger partial charge in [-0.15, -0.1) is 0 Å². The maximum absolute atomic E-state index is 14.8. The Bertz CT molecular complexity index is 1160. The molecule has 0 aliphatic rings. The Morgan fingerprint density at radius 2 is 1.34 bits per heavy atom. The minimum atomic E-state index is -0.880. The van der Waals surface area contributed by atoms with Gasteiger partial charge in [-0.3, -0.25) is 0 Å². The van der Waals surface area contributed by atoms with Gasteiger partial charge in [-0.25, -0.2) is 13.2 Å². The lowest BCUT2D eigenvalue weighted by molar-refractivity contribution is 0.307. The molecule has 0 radical (unpaired) electrons. The summed E-state index contributed by atoms with van der Waals surface area (Å²) < 4.78 is 48.5. The zero-order valence-electron chi connectivity index (χ0n) is 18.2. The summed E-state index contributed by atoms with van der Waals surface area (Å²) in [6.45, 7) is 9.24. The van der Waals surface area contributed by atoms with Crippen LogP contribution in [-0.2, 0) is 11.2 Å². The van der Waals surface area contributed by atoms with Gasteiger partial charge in [0, 0.05) is 17.2 Å². The van der Waals surface area contributed by atoms with Crippen LogP contribution in [0.15, 0.2) is 97.1 Å². The Balaban J connectivity index is 1.74. The van der Waals surface area contributed by atoms with Crippen molar-refractivity contribution in [1.29, 1.82) is 0 Å². The molecule has 0 amide bonds. The van der Waals surface area contributed by atoms with Gasteiger partial charge in [0.15, 0.2) is 11.6 Å². The van der Waals surface area contributed by atoms with Crippen LogP contribution in [0.25, 0.3) is 22.3 Å². The van der Waals surface area contributed by atoms with E-state index in [4.69, 9.17) is 4.74 Å². The molecule has 32 heavy (non-hydrogen) atoms. The molecule has 0 heterocycles. The number of benzene rings is 3. The highest BCUT2D eigenvalue weighted by Gasteiger charge is 2.16. The number of hydrogen-bond acceptors (Lipinski definition) is 1. The van der Waals surface area contributed by atoms with E-state index < -0.39 is 17.5 Å². The molecule has 0 saturated carbocycles. The normalized spacial score (nSPS) is 11.3. The highest BCUT2D eigenvalue weighted by Crippen LogP contribution is 2.32. The first kappa shape index (κ1) is 23.1. The van der Waals surface area contributed by atoms with Crippen molar-refractivity contribution < 1.29 is 17.9 Å². The molecule has 0 atom stereocenters. The van der Waals surface area contributed by atoms with Crippen molar-refractivity contribution in [3.8, 4) is 22.3 Å². The third-order valence-corrected chi connectivity index (χ3v) is 5.31. The van der Waals surface area contributed by atoms with Gasteiger partial charge in [0.2, 0.25) is 0 Å². The topological polar surface area (TPSA) is 9.23 Å². The predicted molar refractivity (Wildman–Crippen MR) is 125 cm³/mol. The molecule has 164 valence electrons. The summed E-state index contributed by atoms with van der Waals surface area (Å²) in [5.74, 6) is -2.00. The van der Waals surface area contributed by atoms with Crippen LogP contribution in [0.2, 0.25) is 0 Å². The minimum Gasteiger partial charge on any atom is -0.497 e. The third kappa shape index (κ3) is 5.38. The fourth-order valence-electron chi connectivity index (χ4n) is 3.30. The zero-order chi connectivity index (χ0) is 23.3. The predicted octanol–water partition coefficient (Wildman–Crippen LogP) is 8.11. The van der Waals surface area contributed by atoms with Crippen molar-refractivity contribution in [1.82, 2.24) is 0 Å². The molecule has 0 N–H and O–H groups in total. The van der Waals surface area contributed by atoms with E-state index in [-0.39, 0.29) is 16.9 Å². The second-order valence-electron chi connectivity index (χ2n) is 7.62. The van der Waals surface area contributed by atoms with Gasteiger partial charge in [-0.1, -0.05) is 79.4 Å². The molecule has 0 spiro atoms. The molecule has 0 bridgehead atoms. The van der Waals surface area contributed by atoms with Crippen LogP contribution in [0, 0.1) is 18.6 Å². The second-order valence-corrected chi connectivity index (χ2v) is 7.62. The van der Waals surface area contributed by atoms with Crippen molar-refractivity contribution in [2.75, 3.05) is 7.11 Å². The maximum Gasteiger partial charge on any atom is 0.167 e. The van der Waals surface area contributed by atoms with Gasteiger partial charge in [0.25, 0.3) is 0 Å². The highest BCUT2D eigenvalue weighted by atomic mass is 19.2. The van der Waals surface area contributed by atoms with Crippen LogP contribution >= 0.6 is 0 Å². The number of aryl methyl sites for hydroxylation is 2. The van der Waals surface area contributed by atoms with E-state index in [0.29, 0.717) is 29.5 Å². The molecule has 1 nitrogen and oxygen atoms in total. The minimum absolute atomic E-state index is 0.196. The largest absolute Gasteiger partial charge is 0.497 e. The van der Waals surface area contributed by atoms with E-state index >= 15 is 0 Å². The molecular formula is C28H25F3O. The van der Waals surface area contributed by atoms with Crippen LogP contribution in [0.5, 0.6) is 0 Å². The van der Waals surface area contributed by atoms with E-state index in [1.54, 1.807) is 36.4 Å². The summed E-state index contributed by atoms with van der Waals surface area (Å²) in [5, 5.41) is 0. The Morgan fingerprint density at radius 1 is 0.844 bits per heavy atom. The van der Waals surface area contributed by atoms with Crippen molar-refractivity contribution in [3.05, 3.63) is 120 Å². The molecule has 0 aromatic heterocycles. The fraction of sp³-hybridized carbons (Fsp3) is 0.143. The highest BCUT2D eigenvalue weighted by molar-refractivity contribution is 5.72. The smallest absolute Gasteiger partial charge is 0.167 e. The molecule has 3 aromatic carbocycles. The van der Waals surface area contributed by atoms with Crippen LogP contribution in [-0.4, -0.2) is 7.11 Å². The van der Waals surface area contributed by atoms with Crippen LogP contribution in [0.4, 0.5) is 13.2 Å². The average Bonchev–Trinajstić information content (AvgIpc) is 2.80. The van der Waals surface area contributed by atoms with Crippen molar-refractivity contribution in [2.45, 2.75) is 19.8 Å². The second kappa shape index (κ2) is 10.2. The summed E-state index contributed by atoms with van der Waals surface area (Å²) >= 11 is 0. The summed E-state index contributed by atoms with van der Waals surface area (Å²) in [7, 11) is 1.42. The quantitative estimate of drug-likeness (QED) is 0.257. The Morgan fingerprint density at radius 3 is 1.84 bits per heavy atom. The number of halogens is 3. The van der Waals surface area contributed by atoms with E-state index in [1.165, 1.54) is 13.2 Å². The average molecular weight is 435 g/mol. The lowest BCUT2D eigenvalue weighted by atomic mass is 9.97. The van der Waals surface area contributed by atoms with Crippen LogP contribution in [0.1, 0.15) is 17.5 Å². The van der Waals surface area contributed by atoms with Crippen molar-refractivity contribution >= 4 is 0 Å². The Labute approximate surface area is 187 Å². The summed E-state index contributed by atoms with van der Waals surface area (Å²) in [6.07, 6.45) is 2.17. The lowest BCUT2D eigenvalue weighted by Gasteiger charge is -2.10. The SMILES string of the molecule is C=C(/C=C(/F)C(=C)CCc1ccc(-c2ccc(-c3ccc(C)cc3)c(F)c2F)cc1)OC. The fourth-order valence-corrected chi connectivity index (χ4v) is 3.30. The van der Waals surface area contributed by atoms with E-state index in [2.05, 4.69) is 13.2 Å². The first-order valence-corrected chi connectivity index (χ1v) is 10.2. The van der Waals surface area contributed by atoms with Gasteiger partial charge in [-0.2, -0.15) is 0 Å². The Hall–Kier alpha value is -3.53. The maximum atomic E-state index is 14.8. The van der Waals surface area contributed by atoms with Crippen molar-refractivity contribution in [3.63, 3.8) is 0 Å². The van der Waals surface area contributed by atoms with Gasteiger partial charge < -0.3 is 4.74 Å². The summed E-state index contributed by atoms with van der Waals surface area (Å²) in [6, 6.07) is 17.6. The summed E-state index contributed by atoms with van der Waals surface area (Å²) in [5.41, 5.74) is 3.95. The number of rotatable bonds is 8. The molecule has 0 unspecified atom stereocenters. The zero-order valence-corrected chi connectivity index (χ0v) is 18.2. The van der Waals surface area contributed by atoms with Gasteiger partial charge in [-0.05, 0) is 42.0 Å². The number of hydrogen-bond donors (Lipinski definition) is 0.